The number of hydrogen-bond acceptors (Lipinski definition) is 3. The molecule has 3 rings (SSSR count). The lowest BCUT2D eigenvalue weighted by molar-refractivity contribution is -0.119. The number of nitrogens with zero attached hydrogens (tertiary/aromatic N) is 2. The number of carbonyl (C=O) groups excluding carboxylic acids is 1. The van der Waals surface area contributed by atoms with Crippen molar-refractivity contribution >= 4 is 23.4 Å². The number of likely N-dealkylation sites (N-methyl/N-ethyl adjacent to an activating group) is 1. The number of para-hydroxylation sites is 1. The Morgan fingerprint density at radius 1 is 1.17 bits per heavy atom. The summed E-state index contributed by atoms with van der Waals surface area (Å²) in [7, 11) is 1.45. The standard InChI is InChI=1S/C17H11F3N2OS/c1-22-14-8-3-2-7-13(14)16(15(22)23,24-17(18,19)20)12-6-4-5-11(9-12)10-21/h2-9H,1H3/t16-/m0/s1. The fourth-order valence-electron chi connectivity index (χ4n) is 2.94. The number of alkyl halides is 3. The highest BCUT2D eigenvalue weighted by atomic mass is 32.2. The molecule has 0 aliphatic carbocycles. The van der Waals surface area contributed by atoms with Gasteiger partial charge in [0, 0.05) is 18.3 Å². The number of rotatable bonds is 2. The normalized spacial score (nSPS) is 20.0. The third-order valence-corrected chi connectivity index (χ3v) is 5.09. The summed E-state index contributed by atoms with van der Waals surface area (Å²) in [5.74, 6) is -0.680. The number of anilines is 1. The SMILES string of the molecule is CN1C(=O)[C@](SC(F)(F)F)(c2cccc(C#N)c2)c2ccccc21. The summed E-state index contributed by atoms with van der Waals surface area (Å²) in [6.07, 6.45) is 0. The average Bonchev–Trinajstić information content (AvgIpc) is 2.77. The summed E-state index contributed by atoms with van der Waals surface area (Å²) in [5, 5.41) is 9.06. The monoisotopic (exact) mass is 348 g/mol. The van der Waals surface area contributed by atoms with Crippen LogP contribution in [0.1, 0.15) is 16.7 Å². The third-order valence-electron chi connectivity index (χ3n) is 3.92. The van der Waals surface area contributed by atoms with E-state index in [-0.39, 0.29) is 28.5 Å². The molecule has 1 atom stereocenters. The van der Waals surface area contributed by atoms with Gasteiger partial charge in [0.25, 0.3) is 5.91 Å². The van der Waals surface area contributed by atoms with E-state index in [9.17, 15) is 18.0 Å². The van der Waals surface area contributed by atoms with E-state index in [1.807, 2.05) is 6.07 Å². The van der Waals surface area contributed by atoms with Crippen LogP contribution in [0.3, 0.4) is 0 Å². The smallest absolute Gasteiger partial charge is 0.313 e. The second kappa shape index (κ2) is 5.56. The van der Waals surface area contributed by atoms with Crippen LogP contribution >= 0.6 is 11.8 Å². The zero-order chi connectivity index (χ0) is 17.5. The molecule has 0 fully saturated rings. The zero-order valence-electron chi connectivity index (χ0n) is 12.5. The van der Waals surface area contributed by atoms with Crippen LogP contribution in [0.2, 0.25) is 0 Å². The average molecular weight is 348 g/mol. The second-order valence-corrected chi connectivity index (χ2v) is 6.58. The topological polar surface area (TPSA) is 44.1 Å². The molecule has 0 radical (unpaired) electrons. The van der Waals surface area contributed by atoms with Crippen LogP contribution in [0.15, 0.2) is 48.5 Å². The first-order valence-corrected chi connectivity index (χ1v) is 7.76. The second-order valence-electron chi connectivity index (χ2n) is 5.30. The maximum absolute atomic E-state index is 13.3. The summed E-state index contributed by atoms with van der Waals surface area (Å²) in [5.41, 5.74) is -3.58. The molecule has 1 aliphatic rings. The van der Waals surface area contributed by atoms with Crippen molar-refractivity contribution in [2.24, 2.45) is 0 Å². The van der Waals surface area contributed by atoms with Gasteiger partial charge in [-0.05, 0) is 35.5 Å². The Hall–Kier alpha value is -2.46. The third kappa shape index (κ3) is 2.43. The number of benzene rings is 2. The first-order valence-electron chi connectivity index (χ1n) is 6.95. The van der Waals surface area contributed by atoms with Crippen molar-refractivity contribution in [3.63, 3.8) is 0 Å². The number of fused-ring (bicyclic) bond motifs is 1. The van der Waals surface area contributed by atoms with Gasteiger partial charge in [0.05, 0.1) is 11.6 Å². The Bertz CT molecular complexity index is 859. The first-order chi connectivity index (χ1) is 11.3. The molecule has 7 heteroatoms. The van der Waals surface area contributed by atoms with E-state index in [4.69, 9.17) is 5.26 Å². The van der Waals surface area contributed by atoms with Crippen LogP contribution in [0.4, 0.5) is 18.9 Å². The molecule has 0 saturated carbocycles. The lowest BCUT2D eigenvalue weighted by Crippen LogP contribution is -2.39. The first kappa shape index (κ1) is 16.4. The molecular formula is C17H11F3N2OS. The van der Waals surface area contributed by atoms with E-state index < -0.39 is 16.2 Å². The van der Waals surface area contributed by atoms with Gasteiger partial charge in [-0.25, -0.2) is 0 Å². The molecule has 2 aromatic rings. The molecule has 0 saturated heterocycles. The van der Waals surface area contributed by atoms with Gasteiger partial charge in [-0.1, -0.05) is 30.3 Å². The lowest BCUT2D eigenvalue weighted by atomic mass is 9.90. The summed E-state index contributed by atoms with van der Waals surface area (Å²) in [6.45, 7) is 0. The molecule has 122 valence electrons. The predicted octanol–water partition coefficient (Wildman–Crippen LogP) is 4.03. The minimum Gasteiger partial charge on any atom is -0.313 e. The number of thioether (sulfide) groups is 1. The van der Waals surface area contributed by atoms with Crippen LogP contribution in [0, 0.1) is 11.3 Å². The molecule has 24 heavy (non-hydrogen) atoms. The largest absolute Gasteiger partial charge is 0.443 e. The maximum atomic E-state index is 13.3. The Morgan fingerprint density at radius 3 is 2.54 bits per heavy atom. The Morgan fingerprint density at radius 2 is 1.88 bits per heavy atom. The molecule has 1 aliphatic heterocycles. The fraction of sp³-hybridized carbons (Fsp3) is 0.176. The highest BCUT2D eigenvalue weighted by molar-refractivity contribution is 8.02. The van der Waals surface area contributed by atoms with Crippen LogP contribution < -0.4 is 4.90 Å². The Balaban J connectivity index is 2.32. The van der Waals surface area contributed by atoms with Crippen molar-refractivity contribution in [1.82, 2.24) is 0 Å². The van der Waals surface area contributed by atoms with E-state index >= 15 is 0 Å². The summed E-state index contributed by atoms with van der Waals surface area (Å²) in [6, 6.07) is 14.1. The van der Waals surface area contributed by atoms with Crippen LogP contribution in [-0.4, -0.2) is 18.5 Å². The van der Waals surface area contributed by atoms with Crippen molar-refractivity contribution in [2.75, 3.05) is 11.9 Å². The zero-order valence-corrected chi connectivity index (χ0v) is 13.3. The quantitative estimate of drug-likeness (QED) is 0.823. The van der Waals surface area contributed by atoms with Gasteiger partial charge in [0.1, 0.15) is 0 Å². The number of carbonyl (C=O) groups is 1. The maximum Gasteiger partial charge on any atom is 0.443 e. The summed E-state index contributed by atoms with van der Waals surface area (Å²) in [4.78, 5) is 14.1. The van der Waals surface area contributed by atoms with E-state index in [1.54, 1.807) is 18.2 Å². The van der Waals surface area contributed by atoms with Gasteiger partial charge in [0.15, 0.2) is 4.75 Å². The van der Waals surface area contributed by atoms with Crippen LogP contribution in [-0.2, 0) is 9.54 Å². The van der Waals surface area contributed by atoms with E-state index in [0.29, 0.717) is 5.69 Å². The summed E-state index contributed by atoms with van der Waals surface area (Å²) < 4.78 is 38.1. The number of hydrogen-bond donors (Lipinski definition) is 0. The summed E-state index contributed by atoms with van der Waals surface area (Å²) >= 11 is -0.362. The van der Waals surface area contributed by atoms with Gasteiger partial charge in [0.2, 0.25) is 0 Å². The van der Waals surface area contributed by atoms with Crippen molar-refractivity contribution in [2.45, 2.75) is 10.3 Å². The van der Waals surface area contributed by atoms with Gasteiger partial charge in [-0.2, -0.15) is 18.4 Å². The highest BCUT2D eigenvalue weighted by Gasteiger charge is 2.57. The molecule has 0 aromatic heterocycles. The van der Waals surface area contributed by atoms with Crippen molar-refractivity contribution in [1.29, 1.82) is 5.26 Å². The minimum absolute atomic E-state index is 0.144. The van der Waals surface area contributed by atoms with E-state index in [0.717, 1.165) is 0 Å². The van der Waals surface area contributed by atoms with Gasteiger partial charge in [-0.3, -0.25) is 4.79 Å². The Kier molecular flexibility index (Phi) is 3.80. The Labute approximate surface area is 140 Å². The number of nitriles is 1. The van der Waals surface area contributed by atoms with Gasteiger partial charge >= 0.3 is 5.51 Å². The van der Waals surface area contributed by atoms with Crippen molar-refractivity contribution in [3.05, 3.63) is 65.2 Å². The molecule has 0 N–H and O–H groups in total. The predicted molar refractivity (Wildman–Crippen MR) is 85.4 cm³/mol. The number of amides is 1. The highest BCUT2D eigenvalue weighted by Crippen LogP contribution is 2.57. The molecule has 0 unspecified atom stereocenters. The fourth-order valence-corrected chi connectivity index (χ4v) is 4.04. The van der Waals surface area contributed by atoms with Crippen molar-refractivity contribution < 1.29 is 18.0 Å². The van der Waals surface area contributed by atoms with E-state index in [2.05, 4.69) is 0 Å². The van der Waals surface area contributed by atoms with E-state index in [1.165, 1.54) is 42.3 Å². The molecule has 0 bridgehead atoms. The molecule has 1 amide bonds. The van der Waals surface area contributed by atoms with Crippen LogP contribution in [0.5, 0.6) is 0 Å². The lowest BCUT2D eigenvalue weighted by Gasteiger charge is -2.29. The molecule has 2 aromatic carbocycles. The molecule has 0 spiro atoms. The van der Waals surface area contributed by atoms with Gasteiger partial charge < -0.3 is 4.90 Å². The van der Waals surface area contributed by atoms with Crippen LogP contribution in [0.25, 0.3) is 0 Å². The van der Waals surface area contributed by atoms with Gasteiger partial charge in [-0.15, -0.1) is 0 Å². The molecule has 3 nitrogen and oxygen atoms in total. The molecular weight excluding hydrogens is 337 g/mol. The van der Waals surface area contributed by atoms with Crippen molar-refractivity contribution in [3.8, 4) is 6.07 Å². The minimum atomic E-state index is -4.63. The number of halogens is 3. The molecule has 1 heterocycles.